The molecule has 4 fully saturated rings. The fourth-order valence-electron chi connectivity index (χ4n) is 10.3. The van der Waals surface area contributed by atoms with Crippen LogP contribution in [0.5, 0.6) is 0 Å². The zero-order valence-corrected chi connectivity index (χ0v) is 35.6. The predicted octanol–water partition coefficient (Wildman–Crippen LogP) is 9.33. The van der Waals surface area contributed by atoms with E-state index >= 15 is 0 Å². The highest BCUT2D eigenvalue weighted by Crippen LogP contribution is 2.45. The third kappa shape index (κ3) is 9.54. The molecule has 0 radical (unpaired) electrons. The Morgan fingerprint density at radius 2 is 0.981 bits per heavy atom. The summed E-state index contributed by atoms with van der Waals surface area (Å²) in [6.45, 7) is 28.3. The molecule has 0 unspecified atom stereocenters. The Hall–Kier alpha value is -1.75. The van der Waals surface area contributed by atoms with E-state index in [1.165, 1.54) is 64.2 Å². The van der Waals surface area contributed by atoms with Crippen LogP contribution in [0.25, 0.3) is 0 Å². The van der Waals surface area contributed by atoms with Gasteiger partial charge >= 0.3 is 0 Å². The van der Waals surface area contributed by atoms with Crippen molar-refractivity contribution in [2.45, 2.75) is 225 Å². The van der Waals surface area contributed by atoms with E-state index in [4.69, 9.17) is 24.6 Å². The third-order valence-corrected chi connectivity index (χ3v) is 12.7. The standard InChI is InChI=1S/C42H78N8O2/c1-13-16-27-48(33-30-41(8,9)50(42(10,11)31-33)52-35-25-21-18-22-26-35)38-44-36(43-37(45-38)47(14-2)15-3)46(12)32-28-39(4,5)49(40(6,7)29-32)51-34-23-19-17-20-24-34/h32-35H,13-31H2,1-12H3. The quantitative estimate of drug-likeness (QED) is 0.185. The lowest BCUT2D eigenvalue weighted by molar-refractivity contribution is -0.310. The van der Waals surface area contributed by atoms with Gasteiger partial charge in [0.15, 0.2) is 0 Å². The molecule has 52 heavy (non-hydrogen) atoms. The Bertz CT molecular complexity index is 1230. The zero-order chi connectivity index (χ0) is 37.9. The van der Waals surface area contributed by atoms with Crippen LogP contribution >= 0.6 is 0 Å². The molecule has 4 aliphatic rings. The number of anilines is 3. The first-order valence-electron chi connectivity index (χ1n) is 21.5. The second kappa shape index (κ2) is 16.9. The van der Waals surface area contributed by atoms with Crippen molar-refractivity contribution in [1.82, 2.24) is 25.1 Å². The minimum absolute atomic E-state index is 0.131. The van der Waals surface area contributed by atoms with Crippen molar-refractivity contribution in [3.05, 3.63) is 0 Å². The number of nitrogens with zero attached hydrogens (tertiary/aromatic N) is 8. The molecule has 2 aliphatic carbocycles. The van der Waals surface area contributed by atoms with Gasteiger partial charge < -0.3 is 14.7 Å². The van der Waals surface area contributed by atoms with Crippen LogP contribution in [0.4, 0.5) is 17.8 Å². The first-order valence-corrected chi connectivity index (χ1v) is 21.5. The van der Waals surface area contributed by atoms with E-state index in [-0.39, 0.29) is 34.2 Å². The summed E-state index contributed by atoms with van der Waals surface area (Å²) in [5.74, 6) is 2.39. The average Bonchev–Trinajstić information content (AvgIpc) is 3.08. The minimum atomic E-state index is -0.131. The van der Waals surface area contributed by atoms with E-state index in [0.29, 0.717) is 12.2 Å². The number of aromatic nitrogens is 3. The summed E-state index contributed by atoms with van der Waals surface area (Å²) in [6.07, 6.45) is 19.3. The molecule has 0 amide bonds. The lowest BCUT2D eigenvalue weighted by Crippen LogP contribution is -2.65. The Kier molecular flexibility index (Phi) is 13.5. The molecule has 2 saturated heterocycles. The van der Waals surface area contributed by atoms with Gasteiger partial charge in [0.25, 0.3) is 0 Å². The summed E-state index contributed by atoms with van der Waals surface area (Å²) < 4.78 is 0. The largest absolute Gasteiger partial charge is 0.341 e. The molecule has 0 bridgehead atoms. The van der Waals surface area contributed by atoms with Crippen LogP contribution in [-0.2, 0) is 9.68 Å². The maximum absolute atomic E-state index is 6.91. The predicted molar refractivity (Wildman–Crippen MR) is 216 cm³/mol. The number of piperidine rings is 2. The van der Waals surface area contributed by atoms with Gasteiger partial charge in [0.1, 0.15) is 0 Å². The molecule has 2 aliphatic heterocycles. The SMILES string of the molecule is CCCCN(c1nc(N(CC)CC)nc(N(C)C2CC(C)(C)N(OC3CCCCC3)C(C)(C)C2)n1)C1CC(C)(C)N(OC2CCCCC2)C(C)(C)C1. The molecule has 1 aromatic heterocycles. The van der Waals surface area contributed by atoms with Crippen LogP contribution in [0.1, 0.15) is 179 Å². The molecule has 10 nitrogen and oxygen atoms in total. The lowest BCUT2D eigenvalue weighted by atomic mass is 9.78. The van der Waals surface area contributed by atoms with Crippen molar-refractivity contribution in [2.24, 2.45) is 0 Å². The average molecular weight is 727 g/mol. The Balaban J connectivity index is 1.45. The fraction of sp³-hybridized carbons (Fsp3) is 0.929. The monoisotopic (exact) mass is 727 g/mol. The van der Waals surface area contributed by atoms with E-state index in [0.717, 1.165) is 76.0 Å². The molecule has 3 heterocycles. The van der Waals surface area contributed by atoms with Crippen molar-refractivity contribution in [3.63, 3.8) is 0 Å². The van der Waals surface area contributed by atoms with Gasteiger partial charge in [-0.15, -0.1) is 0 Å². The highest BCUT2D eigenvalue weighted by Gasteiger charge is 2.51. The summed E-state index contributed by atoms with van der Waals surface area (Å²) in [6, 6.07) is 0.545. The maximum Gasteiger partial charge on any atom is 0.232 e. The number of hydroxylamine groups is 4. The lowest BCUT2D eigenvalue weighted by Gasteiger charge is -2.56. The molecule has 2 saturated carbocycles. The van der Waals surface area contributed by atoms with E-state index in [2.05, 4.69) is 108 Å². The summed E-state index contributed by atoms with van der Waals surface area (Å²) >= 11 is 0. The van der Waals surface area contributed by atoms with Gasteiger partial charge in [-0.05, 0) is 127 Å². The second-order valence-electron chi connectivity index (χ2n) is 19.3. The first-order chi connectivity index (χ1) is 24.5. The van der Waals surface area contributed by atoms with Gasteiger partial charge in [-0.1, -0.05) is 51.9 Å². The first kappa shape index (κ1) is 41.4. The topological polar surface area (TPSA) is 73.3 Å². The third-order valence-electron chi connectivity index (χ3n) is 12.7. The Morgan fingerprint density at radius 1 is 0.577 bits per heavy atom. The summed E-state index contributed by atoms with van der Waals surface area (Å²) in [4.78, 5) is 36.9. The Labute approximate surface area is 318 Å². The fourth-order valence-corrected chi connectivity index (χ4v) is 10.3. The van der Waals surface area contributed by atoms with Gasteiger partial charge in [0.2, 0.25) is 17.8 Å². The molecule has 0 spiro atoms. The molecule has 5 rings (SSSR count). The summed E-state index contributed by atoms with van der Waals surface area (Å²) in [7, 11) is 2.21. The smallest absolute Gasteiger partial charge is 0.232 e. The molecule has 298 valence electrons. The van der Waals surface area contributed by atoms with Crippen molar-refractivity contribution >= 4 is 17.8 Å². The van der Waals surface area contributed by atoms with Crippen molar-refractivity contribution in [2.75, 3.05) is 41.4 Å². The van der Waals surface area contributed by atoms with E-state index in [1.807, 2.05) is 0 Å². The highest BCUT2D eigenvalue weighted by atomic mass is 16.7. The number of hydrogen-bond donors (Lipinski definition) is 0. The van der Waals surface area contributed by atoms with Crippen LogP contribution in [0, 0.1) is 0 Å². The van der Waals surface area contributed by atoms with Crippen molar-refractivity contribution in [1.29, 1.82) is 0 Å². The summed E-state index contributed by atoms with van der Waals surface area (Å²) in [5.41, 5.74) is -0.525. The second-order valence-corrected chi connectivity index (χ2v) is 19.3. The minimum Gasteiger partial charge on any atom is -0.341 e. The zero-order valence-electron chi connectivity index (χ0n) is 35.6. The molecular formula is C42H78N8O2. The van der Waals surface area contributed by atoms with Gasteiger partial charge in [-0.2, -0.15) is 25.1 Å². The van der Waals surface area contributed by atoms with Crippen molar-refractivity contribution in [3.8, 4) is 0 Å². The van der Waals surface area contributed by atoms with Gasteiger partial charge in [0, 0.05) is 60.9 Å². The van der Waals surface area contributed by atoms with Crippen LogP contribution in [0.15, 0.2) is 0 Å². The Morgan fingerprint density at radius 3 is 1.40 bits per heavy atom. The van der Waals surface area contributed by atoms with Crippen molar-refractivity contribution < 1.29 is 9.68 Å². The number of unbranched alkanes of at least 4 members (excludes halogenated alkanes) is 1. The van der Waals surface area contributed by atoms with Gasteiger partial charge in [-0.3, -0.25) is 9.68 Å². The van der Waals surface area contributed by atoms with Gasteiger partial charge in [-0.25, -0.2) is 0 Å². The normalized spacial score (nSPS) is 24.9. The molecular weight excluding hydrogens is 649 g/mol. The summed E-state index contributed by atoms with van der Waals surface area (Å²) in [5, 5.41) is 4.74. The maximum atomic E-state index is 6.91. The molecule has 0 atom stereocenters. The van der Waals surface area contributed by atoms with E-state index in [1.54, 1.807) is 0 Å². The van der Waals surface area contributed by atoms with Crippen LogP contribution in [0.3, 0.4) is 0 Å². The van der Waals surface area contributed by atoms with E-state index < -0.39 is 0 Å². The van der Waals surface area contributed by atoms with Crippen LogP contribution in [0.2, 0.25) is 0 Å². The number of hydrogen-bond acceptors (Lipinski definition) is 10. The molecule has 1 aromatic rings. The molecule has 0 N–H and O–H groups in total. The molecule has 10 heteroatoms. The molecule has 0 aromatic carbocycles. The van der Waals surface area contributed by atoms with E-state index in [9.17, 15) is 0 Å². The number of rotatable bonds is 14. The van der Waals surface area contributed by atoms with Gasteiger partial charge in [0.05, 0.1) is 12.2 Å². The van der Waals surface area contributed by atoms with Crippen LogP contribution < -0.4 is 14.7 Å². The van der Waals surface area contributed by atoms with Crippen LogP contribution in [-0.4, -0.2) is 98.2 Å². The highest BCUT2D eigenvalue weighted by molar-refractivity contribution is 5.48.